The lowest BCUT2D eigenvalue weighted by Gasteiger charge is -2.28. The summed E-state index contributed by atoms with van der Waals surface area (Å²) in [7, 11) is -3.70. The Bertz CT molecular complexity index is 865. The zero-order valence-corrected chi connectivity index (χ0v) is 17.5. The molecule has 0 aliphatic carbocycles. The van der Waals surface area contributed by atoms with Crippen LogP contribution in [0.3, 0.4) is 0 Å². The minimum atomic E-state index is -3.70. The largest absolute Gasteiger partial charge is 0.507 e. The minimum absolute atomic E-state index is 0.214. The fourth-order valence-electron chi connectivity index (χ4n) is 2.77. The van der Waals surface area contributed by atoms with Crippen LogP contribution in [-0.2, 0) is 20.9 Å². The highest BCUT2D eigenvalue weighted by Gasteiger charge is 2.27. The number of aromatic hydroxyl groups is 1. The van der Waals surface area contributed by atoms with Gasteiger partial charge in [-0.05, 0) is 42.0 Å². The van der Waals surface area contributed by atoms with Crippen LogP contribution in [0.1, 0.15) is 58.2 Å². The van der Waals surface area contributed by atoms with Crippen molar-refractivity contribution >= 4 is 15.7 Å². The molecule has 0 radical (unpaired) electrons. The van der Waals surface area contributed by atoms with Gasteiger partial charge in [-0.1, -0.05) is 59.2 Å². The van der Waals surface area contributed by atoms with Crippen LogP contribution in [0.25, 0.3) is 0 Å². The van der Waals surface area contributed by atoms with E-state index in [0.29, 0.717) is 16.8 Å². The zero-order valence-electron chi connectivity index (χ0n) is 16.6. The predicted octanol–water partition coefficient (Wildman–Crippen LogP) is 5.10. The van der Waals surface area contributed by atoms with E-state index in [2.05, 4.69) is 4.72 Å². The van der Waals surface area contributed by atoms with E-state index in [-0.39, 0.29) is 21.5 Å². The third kappa shape index (κ3) is 4.39. The van der Waals surface area contributed by atoms with Crippen LogP contribution in [-0.4, -0.2) is 13.5 Å². The molecule has 0 fully saturated rings. The van der Waals surface area contributed by atoms with Gasteiger partial charge in [0.05, 0.1) is 4.90 Å². The van der Waals surface area contributed by atoms with Gasteiger partial charge in [0, 0.05) is 16.8 Å². The lowest BCUT2D eigenvalue weighted by atomic mass is 9.79. The van der Waals surface area contributed by atoms with Crippen molar-refractivity contribution in [1.29, 1.82) is 0 Å². The van der Waals surface area contributed by atoms with Gasteiger partial charge in [-0.15, -0.1) is 0 Å². The smallest absolute Gasteiger partial charge is 0.261 e. The molecule has 0 heterocycles. The lowest BCUT2D eigenvalue weighted by Crippen LogP contribution is -2.19. The normalized spacial score (nSPS) is 12.9. The average molecular weight is 376 g/mol. The van der Waals surface area contributed by atoms with Crippen LogP contribution < -0.4 is 4.72 Å². The minimum Gasteiger partial charge on any atom is -0.507 e. The third-order valence-electron chi connectivity index (χ3n) is 4.31. The van der Waals surface area contributed by atoms with E-state index in [1.165, 1.54) is 0 Å². The molecule has 0 saturated carbocycles. The van der Waals surface area contributed by atoms with E-state index in [9.17, 15) is 13.5 Å². The molecule has 142 valence electrons. The molecule has 0 amide bonds. The highest BCUT2D eigenvalue weighted by Crippen LogP contribution is 2.41. The van der Waals surface area contributed by atoms with Gasteiger partial charge in [0.15, 0.2) is 0 Å². The summed E-state index contributed by atoms with van der Waals surface area (Å²) < 4.78 is 28.2. The number of phenolic OH excluding ortho intramolecular Hbond substituents is 1. The van der Waals surface area contributed by atoms with E-state index in [1.54, 1.807) is 36.4 Å². The molecule has 0 bridgehead atoms. The summed E-state index contributed by atoms with van der Waals surface area (Å²) in [5.74, 6) is 0.225. The van der Waals surface area contributed by atoms with Gasteiger partial charge in [-0.2, -0.15) is 0 Å². The molecule has 2 aromatic carbocycles. The maximum Gasteiger partial charge on any atom is 0.261 e. The van der Waals surface area contributed by atoms with Crippen LogP contribution in [0.2, 0.25) is 0 Å². The first kappa shape index (κ1) is 20.3. The fraction of sp³-hybridized carbons (Fsp3) is 0.429. The SMILES string of the molecule is Cc1ccc(S(=O)(=O)Nc2cc(C(C)(C)C)c(O)c(C(C)(C)C)c2)cc1. The van der Waals surface area contributed by atoms with Gasteiger partial charge in [-0.25, -0.2) is 8.42 Å². The van der Waals surface area contributed by atoms with Crippen molar-refractivity contribution in [3.63, 3.8) is 0 Å². The molecule has 0 unspecified atom stereocenters. The summed E-state index contributed by atoms with van der Waals surface area (Å²) in [6.07, 6.45) is 0. The molecule has 2 aromatic rings. The Morgan fingerprint density at radius 1 is 0.846 bits per heavy atom. The summed E-state index contributed by atoms with van der Waals surface area (Å²) in [4.78, 5) is 0.214. The number of benzene rings is 2. The van der Waals surface area contributed by atoms with E-state index < -0.39 is 10.0 Å². The maximum absolute atomic E-state index is 12.7. The number of rotatable bonds is 3. The van der Waals surface area contributed by atoms with Crippen LogP contribution in [0.15, 0.2) is 41.3 Å². The standard InChI is InChI=1S/C21H29NO3S/c1-14-8-10-16(11-9-14)26(24,25)22-15-12-17(20(2,3)4)19(23)18(13-15)21(5,6)7/h8-13,22-23H,1-7H3. The van der Waals surface area contributed by atoms with Gasteiger partial charge in [-0.3, -0.25) is 4.72 Å². The molecule has 0 aliphatic heterocycles. The summed E-state index contributed by atoms with van der Waals surface area (Å²) in [5, 5.41) is 10.8. The van der Waals surface area contributed by atoms with Crippen molar-refractivity contribution in [2.75, 3.05) is 4.72 Å². The van der Waals surface area contributed by atoms with Crippen molar-refractivity contribution in [2.45, 2.75) is 64.2 Å². The quantitative estimate of drug-likeness (QED) is 0.734. The van der Waals surface area contributed by atoms with Crippen LogP contribution in [0.4, 0.5) is 5.69 Å². The highest BCUT2D eigenvalue weighted by molar-refractivity contribution is 7.92. The Morgan fingerprint density at radius 3 is 1.65 bits per heavy atom. The van der Waals surface area contributed by atoms with Crippen molar-refractivity contribution in [3.8, 4) is 5.75 Å². The van der Waals surface area contributed by atoms with Crippen LogP contribution in [0, 0.1) is 6.92 Å². The van der Waals surface area contributed by atoms with Crippen molar-refractivity contribution in [1.82, 2.24) is 0 Å². The molecule has 26 heavy (non-hydrogen) atoms. The molecular weight excluding hydrogens is 346 g/mol. The van der Waals surface area contributed by atoms with E-state index in [4.69, 9.17) is 0 Å². The number of hydrogen-bond acceptors (Lipinski definition) is 3. The van der Waals surface area contributed by atoms with Gasteiger partial charge >= 0.3 is 0 Å². The summed E-state index contributed by atoms with van der Waals surface area (Å²) >= 11 is 0. The van der Waals surface area contributed by atoms with E-state index in [1.807, 2.05) is 48.5 Å². The Morgan fingerprint density at radius 2 is 1.27 bits per heavy atom. The summed E-state index contributed by atoms with van der Waals surface area (Å²) in [6.45, 7) is 13.9. The first-order valence-electron chi connectivity index (χ1n) is 8.69. The monoisotopic (exact) mass is 375 g/mol. The Hall–Kier alpha value is -2.01. The van der Waals surface area contributed by atoms with Crippen molar-refractivity contribution < 1.29 is 13.5 Å². The molecular formula is C21H29NO3S. The molecule has 0 spiro atoms. The van der Waals surface area contributed by atoms with E-state index in [0.717, 1.165) is 5.56 Å². The predicted molar refractivity (Wildman–Crippen MR) is 107 cm³/mol. The molecule has 2 rings (SSSR count). The molecule has 0 aliphatic rings. The second-order valence-electron chi connectivity index (χ2n) is 8.84. The zero-order chi connectivity index (χ0) is 19.9. The summed E-state index contributed by atoms with van der Waals surface area (Å²) in [5.41, 5.74) is 2.24. The first-order valence-corrected chi connectivity index (χ1v) is 10.2. The van der Waals surface area contributed by atoms with Crippen molar-refractivity contribution in [3.05, 3.63) is 53.1 Å². The average Bonchev–Trinajstić information content (AvgIpc) is 2.46. The third-order valence-corrected chi connectivity index (χ3v) is 5.71. The Labute approximate surface area is 157 Å². The number of hydrogen-bond donors (Lipinski definition) is 2. The van der Waals surface area contributed by atoms with Gasteiger partial charge < -0.3 is 5.11 Å². The number of aryl methyl sites for hydroxylation is 1. The second kappa shape index (κ2) is 6.62. The summed E-state index contributed by atoms with van der Waals surface area (Å²) in [6, 6.07) is 10.2. The Balaban J connectivity index is 2.57. The van der Waals surface area contributed by atoms with Crippen molar-refractivity contribution in [2.24, 2.45) is 0 Å². The number of phenols is 1. The highest BCUT2D eigenvalue weighted by atomic mass is 32.2. The van der Waals surface area contributed by atoms with Crippen LogP contribution in [0.5, 0.6) is 5.75 Å². The fourth-order valence-corrected chi connectivity index (χ4v) is 3.81. The van der Waals surface area contributed by atoms with Gasteiger partial charge in [0.25, 0.3) is 10.0 Å². The number of anilines is 1. The Kier molecular flexibility index (Phi) is 5.17. The molecule has 4 nitrogen and oxygen atoms in total. The number of sulfonamides is 1. The maximum atomic E-state index is 12.7. The van der Waals surface area contributed by atoms with Gasteiger partial charge in [0.2, 0.25) is 0 Å². The topological polar surface area (TPSA) is 66.4 Å². The second-order valence-corrected chi connectivity index (χ2v) is 10.5. The molecule has 5 heteroatoms. The van der Waals surface area contributed by atoms with E-state index >= 15 is 0 Å². The van der Waals surface area contributed by atoms with Gasteiger partial charge in [0.1, 0.15) is 5.75 Å². The lowest BCUT2D eigenvalue weighted by molar-refractivity contribution is 0.423. The molecule has 2 N–H and O–H groups in total. The number of nitrogens with one attached hydrogen (secondary N) is 1. The molecule has 0 atom stereocenters. The first-order chi connectivity index (χ1) is 11.7. The van der Waals surface area contributed by atoms with Crippen LogP contribution >= 0.6 is 0 Å². The molecule has 0 aromatic heterocycles. The molecule has 0 saturated heterocycles.